The highest BCUT2D eigenvalue weighted by Gasteiger charge is 2.41. The summed E-state index contributed by atoms with van der Waals surface area (Å²) in [6.45, 7) is 6.12. The van der Waals surface area contributed by atoms with E-state index in [1.54, 1.807) is 18.3 Å². The van der Waals surface area contributed by atoms with Crippen molar-refractivity contribution in [2.45, 2.75) is 51.7 Å². The second-order valence-electron chi connectivity index (χ2n) is 10.3. The summed E-state index contributed by atoms with van der Waals surface area (Å²) in [4.78, 5) is 32.7. The van der Waals surface area contributed by atoms with Crippen molar-refractivity contribution in [3.05, 3.63) is 59.1 Å². The normalized spacial score (nSPS) is 16.1. The zero-order chi connectivity index (χ0) is 26.3. The minimum Gasteiger partial charge on any atom is -0.484 e. The Balaban J connectivity index is 1.35. The summed E-state index contributed by atoms with van der Waals surface area (Å²) in [6, 6.07) is 9.38. The molecule has 10 heteroatoms. The van der Waals surface area contributed by atoms with E-state index in [9.17, 15) is 4.79 Å². The van der Waals surface area contributed by atoms with Crippen molar-refractivity contribution >= 4 is 28.7 Å². The van der Waals surface area contributed by atoms with E-state index in [-0.39, 0.29) is 18.1 Å². The number of fused-ring (bicyclic) bond motifs is 1. The zero-order valence-electron chi connectivity index (χ0n) is 21.5. The van der Waals surface area contributed by atoms with Gasteiger partial charge in [-0.2, -0.15) is 4.98 Å². The molecule has 1 saturated carbocycles. The minimum atomic E-state index is -0.216. The number of aryl methyl sites for hydroxylation is 1. The van der Waals surface area contributed by atoms with Crippen LogP contribution in [0.25, 0.3) is 22.6 Å². The Morgan fingerprint density at radius 2 is 1.92 bits per heavy atom. The SMILES string of the molecule is Cc1ccnc(Cn2c(-c3ccc(OCC(=O)N4CCCC4)cc3Cl)nc3c(OC4(C)CC4)ncnc32)c1. The molecule has 2 aliphatic rings. The van der Waals surface area contributed by atoms with Crippen molar-refractivity contribution in [1.82, 2.24) is 29.4 Å². The molecule has 4 aromatic rings. The topological polar surface area (TPSA) is 95.3 Å². The number of hydrogen-bond donors (Lipinski definition) is 0. The van der Waals surface area contributed by atoms with Gasteiger partial charge in [0.15, 0.2) is 17.8 Å². The van der Waals surface area contributed by atoms with Gasteiger partial charge >= 0.3 is 0 Å². The Labute approximate surface area is 225 Å². The van der Waals surface area contributed by atoms with Crippen LogP contribution in [0.5, 0.6) is 11.6 Å². The lowest BCUT2D eigenvalue weighted by atomic mass is 10.2. The fourth-order valence-electron chi connectivity index (χ4n) is 4.67. The van der Waals surface area contributed by atoms with Gasteiger partial charge in [0.05, 0.1) is 17.3 Å². The van der Waals surface area contributed by atoms with Crippen LogP contribution >= 0.6 is 11.6 Å². The maximum Gasteiger partial charge on any atom is 0.260 e. The molecule has 0 atom stereocenters. The Morgan fingerprint density at radius 3 is 2.66 bits per heavy atom. The number of benzene rings is 1. The number of rotatable bonds is 8. The summed E-state index contributed by atoms with van der Waals surface area (Å²) < 4.78 is 14.0. The molecule has 1 amide bonds. The Bertz CT molecular complexity index is 1510. The Morgan fingerprint density at radius 1 is 1.11 bits per heavy atom. The number of ether oxygens (including phenoxy) is 2. The average Bonchev–Trinajstić information content (AvgIpc) is 3.27. The van der Waals surface area contributed by atoms with Crippen LogP contribution in [-0.4, -0.2) is 60.6 Å². The van der Waals surface area contributed by atoms with E-state index < -0.39 is 0 Å². The van der Waals surface area contributed by atoms with Crippen LogP contribution in [0.4, 0.5) is 0 Å². The molecular formula is C28H29ClN6O3. The van der Waals surface area contributed by atoms with E-state index in [4.69, 9.17) is 26.1 Å². The number of pyridine rings is 1. The molecule has 0 spiro atoms. The molecule has 1 aromatic carbocycles. The predicted octanol–water partition coefficient (Wildman–Crippen LogP) is 4.83. The highest BCUT2D eigenvalue weighted by Crippen LogP contribution is 2.41. The molecule has 4 heterocycles. The molecular weight excluding hydrogens is 504 g/mol. The highest BCUT2D eigenvalue weighted by atomic mass is 35.5. The van der Waals surface area contributed by atoms with Gasteiger partial charge < -0.3 is 18.9 Å². The first-order valence-electron chi connectivity index (χ1n) is 12.9. The van der Waals surface area contributed by atoms with Crippen molar-refractivity contribution in [1.29, 1.82) is 0 Å². The minimum absolute atomic E-state index is 0.00870. The lowest BCUT2D eigenvalue weighted by Crippen LogP contribution is -2.32. The molecule has 38 heavy (non-hydrogen) atoms. The lowest BCUT2D eigenvalue weighted by Gasteiger charge is -2.16. The number of aromatic nitrogens is 5. The van der Waals surface area contributed by atoms with E-state index in [1.807, 2.05) is 34.6 Å². The van der Waals surface area contributed by atoms with Crippen LogP contribution in [0.3, 0.4) is 0 Å². The molecule has 0 bridgehead atoms. The molecule has 1 aliphatic heterocycles. The van der Waals surface area contributed by atoms with Gasteiger partial charge in [0.2, 0.25) is 5.88 Å². The second-order valence-corrected chi connectivity index (χ2v) is 10.7. The number of imidazole rings is 1. The van der Waals surface area contributed by atoms with Gasteiger partial charge in [-0.3, -0.25) is 9.78 Å². The molecule has 0 unspecified atom stereocenters. The summed E-state index contributed by atoms with van der Waals surface area (Å²) in [7, 11) is 0. The standard InChI is InChI=1S/C28H29ClN6O3/c1-18-7-10-30-19(13-18)15-35-25(33-24-26(35)31-17-32-27(24)38-28(2)8-9-28)21-6-5-20(14-22(21)29)37-16-23(36)34-11-3-4-12-34/h5-7,10,13-14,17H,3-4,8-9,11-12,15-16H2,1-2H3. The molecule has 1 aliphatic carbocycles. The van der Waals surface area contributed by atoms with Crippen molar-refractivity contribution in [2.75, 3.05) is 19.7 Å². The van der Waals surface area contributed by atoms with Crippen molar-refractivity contribution in [2.24, 2.45) is 0 Å². The van der Waals surface area contributed by atoms with Crippen LogP contribution < -0.4 is 9.47 Å². The van der Waals surface area contributed by atoms with Gasteiger partial charge in [-0.1, -0.05) is 11.6 Å². The summed E-state index contributed by atoms with van der Waals surface area (Å²) in [5, 5.41) is 0.453. The van der Waals surface area contributed by atoms with Gasteiger partial charge in [-0.05, 0) is 75.4 Å². The van der Waals surface area contributed by atoms with E-state index in [0.717, 1.165) is 50.0 Å². The number of halogens is 1. The van der Waals surface area contributed by atoms with Crippen LogP contribution in [0.1, 0.15) is 43.9 Å². The smallest absolute Gasteiger partial charge is 0.260 e. The second kappa shape index (κ2) is 9.87. The van der Waals surface area contributed by atoms with E-state index >= 15 is 0 Å². The van der Waals surface area contributed by atoms with Crippen LogP contribution in [-0.2, 0) is 11.3 Å². The zero-order valence-corrected chi connectivity index (χ0v) is 22.2. The van der Waals surface area contributed by atoms with Gasteiger partial charge in [0.1, 0.15) is 23.5 Å². The molecule has 2 fully saturated rings. The third kappa shape index (κ3) is 5.03. The van der Waals surface area contributed by atoms with E-state index in [1.165, 1.54) is 6.33 Å². The van der Waals surface area contributed by atoms with Gasteiger partial charge in [0, 0.05) is 24.8 Å². The number of nitrogens with zero attached hydrogens (tertiary/aromatic N) is 6. The quantitative estimate of drug-likeness (QED) is 0.320. The molecule has 0 N–H and O–H groups in total. The monoisotopic (exact) mass is 532 g/mol. The number of carbonyl (C=O) groups is 1. The molecule has 3 aromatic heterocycles. The van der Waals surface area contributed by atoms with Gasteiger partial charge in [-0.25, -0.2) is 9.97 Å². The third-order valence-electron chi connectivity index (χ3n) is 7.09. The maximum absolute atomic E-state index is 12.4. The maximum atomic E-state index is 12.4. The van der Waals surface area contributed by atoms with Crippen LogP contribution in [0.15, 0.2) is 42.9 Å². The lowest BCUT2D eigenvalue weighted by molar-refractivity contribution is -0.132. The molecule has 196 valence electrons. The van der Waals surface area contributed by atoms with E-state index in [2.05, 4.69) is 21.9 Å². The molecule has 9 nitrogen and oxygen atoms in total. The first kappa shape index (κ1) is 24.6. The number of likely N-dealkylation sites (tertiary alicyclic amines) is 1. The van der Waals surface area contributed by atoms with Crippen LogP contribution in [0, 0.1) is 6.92 Å². The van der Waals surface area contributed by atoms with Crippen molar-refractivity contribution in [3.63, 3.8) is 0 Å². The van der Waals surface area contributed by atoms with Crippen molar-refractivity contribution in [3.8, 4) is 23.0 Å². The predicted molar refractivity (Wildman–Crippen MR) is 143 cm³/mol. The van der Waals surface area contributed by atoms with Gasteiger partial charge in [0.25, 0.3) is 5.91 Å². The number of amides is 1. The van der Waals surface area contributed by atoms with Crippen LogP contribution in [0.2, 0.25) is 5.02 Å². The first-order chi connectivity index (χ1) is 18.4. The first-order valence-corrected chi connectivity index (χ1v) is 13.3. The van der Waals surface area contributed by atoms with E-state index in [0.29, 0.717) is 45.7 Å². The van der Waals surface area contributed by atoms with Gasteiger partial charge in [-0.15, -0.1) is 0 Å². The number of carbonyl (C=O) groups excluding carboxylic acids is 1. The average molecular weight is 533 g/mol. The summed E-state index contributed by atoms with van der Waals surface area (Å²) in [5.74, 6) is 1.60. The largest absolute Gasteiger partial charge is 0.484 e. The molecule has 6 rings (SSSR count). The summed E-state index contributed by atoms with van der Waals surface area (Å²) >= 11 is 6.78. The highest BCUT2D eigenvalue weighted by molar-refractivity contribution is 6.33. The van der Waals surface area contributed by atoms with Crippen molar-refractivity contribution < 1.29 is 14.3 Å². The third-order valence-corrected chi connectivity index (χ3v) is 7.40. The Hall–Kier alpha value is -3.72. The molecule has 0 radical (unpaired) electrons. The molecule has 1 saturated heterocycles. The number of hydrogen-bond acceptors (Lipinski definition) is 7. The fourth-order valence-corrected chi connectivity index (χ4v) is 4.93. The Kier molecular flexibility index (Phi) is 6.39. The summed E-state index contributed by atoms with van der Waals surface area (Å²) in [6.07, 6.45) is 7.34. The fraction of sp³-hybridized carbons (Fsp3) is 0.393. The summed E-state index contributed by atoms with van der Waals surface area (Å²) in [5.41, 5.74) is 3.70.